The number of amides is 2. The van der Waals surface area contributed by atoms with Gasteiger partial charge < -0.3 is 10.2 Å². The molecule has 2 aromatic rings. The fourth-order valence-electron chi connectivity index (χ4n) is 3.32. The molecular formula is C15H12F3N3O2S. The topological polar surface area (TPSA) is 62.3 Å². The maximum atomic E-state index is 13.0. The molecule has 2 aliphatic heterocycles. The summed E-state index contributed by atoms with van der Waals surface area (Å²) in [4.78, 5) is 30.6. The highest BCUT2D eigenvalue weighted by molar-refractivity contribution is 7.21. The highest BCUT2D eigenvalue weighted by Crippen LogP contribution is 2.42. The molecule has 0 spiro atoms. The van der Waals surface area contributed by atoms with Gasteiger partial charge in [0.25, 0.3) is 5.91 Å². The average molecular weight is 355 g/mol. The fraction of sp³-hybridized carbons (Fsp3) is 0.400. The van der Waals surface area contributed by atoms with E-state index in [-0.39, 0.29) is 27.2 Å². The number of nitrogens with one attached hydrogen (secondary N) is 1. The van der Waals surface area contributed by atoms with E-state index >= 15 is 0 Å². The molecule has 1 atom stereocenters. The van der Waals surface area contributed by atoms with Gasteiger partial charge in [-0.2, -0.15) is 13.2 Å². The second-order valence-electron chi connectivity index (χ2n) is 5.95. The van der Waals surface area contributed by atoms with Crippen LogP contribution < -0.4 is 5.32 Å². The van der Waals surface area contributed by atoms with Crippen molar-refractivity contribution in [3.05, 3.63) is 22.2 Å². The number of hydrogen-bond donors (Lipinski definition) is 1. The number of anilines is 1. The maximum Gasteiger partial charge on any atom is 0.433 e. The van der Waals surface area contributed by atoms with E-state index < -0.39 is 17.9 Å². The Morgan fingerprint density at radius 3 is 2.83 bits per heavy atom. The lowest BCUT2D eigenvalue weighted by Crippen LogP contribution is -2.40. The summed E-state index contributed by atoms with van der Waals surface area (Å²) in [6, 6.07) is 0.438. The molecule has 0 radical (unpaired) electrons. The highest BCUT2D eigenvalue weighted by atomic mass is 32.1. The van der Waals surface area contributed by atoms with Crippen molar-refractivity contribution >= 4 is 39.1 Å². The van der Waals surface area contributed by atoms with Crippen LogP contribution in [0.2, 0.25) is 0 Å². The van der Waals surface area contributed by atoms with Gasteiger partial charge >= 0.3 is 6.18 Å². The van der Waals surface area contributed by atoms with Crippen LogP contribution in [0.4, 0.5) is 18.9 Å². The number of halogens is 3. The predicted octanol–water partition coefficient (Wildman–Crippen LogP) is 3.18. The maximum absolute atomic E-state index is 13.0. The summed E-state index contributed by atoms with van der Waals surface area (Å²) in [5.41, 5.74) is -0.375. The van der Waals surface area contributed by atoms with E-state index in [0.29, 0.717) is 23.9 Å². The van der Waals surface area contributed by atoms with Crippen LogP contribution in [0.25, 0.3) is 10.2 Å². The first-order valence-electron chi connectivity index (χ1n) is 7.40. The lowest BCUT2D eigenvalue weighted by atomic mass is 10.1. The third kappa shape index (κ3) is 2.10. The highest BCUT2D eigenvalue weighted by Gasteiger charge is 2.41. The first kappa shape index (κ1) is 15.4. The number of fused-ring (bicyclic) bond motifs is 4. The number of aryl methyl sites for hydroxylation is 1. The van der Waals surface area contributed by atoms with Crippen molar-refractivity contribution in [3.63, 3.8) is 0 Å². The number of thiophene rings is 1. The van der Waals surface area contributed by atoms with E-state index in [0.717, 1.165) is 23.8 Å². The van der Waals surface area contributed by atoms with Gasteiger partial charge in [0.1, 0.15) is 21.4 Å². The van der Waals surface area contributed by atoms with Crippen LogP contribution in [0.5, 0.6) is 0 Å². The van der Waals surface area contributed by atoms with Crippen molar-refractivity contribution in [1.82, 2.24) is 9.88 Å². The Morgan fingerprint density at radius 2 is 2.12 bits per heavy atom. The zero-order valence-electron chi connectivity index (χ0n) is 12.5. The number of carbonyl (C=O) groups is 2. The first-order chi connectivity index (χ1) is 11.3. The summed E-state index contributed by atoms with van der Waals surface area (Å²) in [7, 11) is 0. The van der Waals surface area contributed by atoms with Gasteiger partial charge in [0.15, 0.2) is 0 Å². The molecule has 0 saturated carbocycles. The zero-order chi connectivity index (χ0) is 17.2. The lowest BCUT2D eigenvalue weighted by molar-refractivity contribution is -0.141. The molecular weight excluding hydrogens is 343 g/mol. The van der Waals surface area contributed by atoms with E-state index in [1.807, 2.05) is 0 Å². The third-order valence-electron chi connectivity index (χ3n) is 4.41. The predicted molar refractivity (Wildman–Crippen MR) is 82.0 cm³/mol. The second kappa shape index (κ2) is 4.92. The number of rotatable bonds is 0. The molecule has 9 heteroatoms. The van der Waals surface area contributed by atoms with Gasteiger partial charge in [0.05, 0.1) is 5.69 Å². The van der Waals surface area contributed by atoms with Gasteiger partial charge in [-0.3, -0.25) is 9.59 Å². The Morgan fingerprint density at radius 1 is 1.38 bits per heavy atom. The van der Waals surface area contributed by atoms with Crippen LogP contribution in [-0.4, -0.2) is 34.3 Å². The molecule has 2 amide bonds. The molecule has 0 aromatic carbocycles. The molecule has 0 unspecified atom stereocenters. The van der Waals surface area contributed by atoms with E-state index in [2.05, 4.69) is 10.3 Å². The Hall–Kier alpha value is -2.16. The van der Waals surface area contributed by atoms with Crippen molar-refractivity contribution < 1.29 is 22.8 Å². The number of nitrogens with zero attached hydrogens (tertiary/aromatic N) is 2. The summed E-state index contributed by atoms with van der Waals surface area (Å²) in [5.74, 6) is -0.611. The molecule has 0 aliphatic carbocycles. The number of aromatic nitrogens is 1. The van der Waals surface area contributed by atoms with Gasteiger partial charge in [-0.05, 0) is 31.4 Å². The van der Waals surface area contributed by atoms with Gasteiger partial charge in [-0.1, -0.05) is 0 Å². The molecule has 5 nitrogen and oxygen atoms in total. The molecule has 126 valence electrons. The molecule has 2 aromatic heterocycles. The molecule has 1 N–H and O–H groups in total. The van der Waals surface area contributed by atoms with Crippen LogP contribution in [0, 0.1) is 6.92 Å². The van der Waals surface area contributed by atoms with Gasteiger partial charge in [0.2, 0.25) is 5.91 Å². The van der Waals surface area contributed by atoms with Crippen LogP contribution >= 0.6 is 11.3 Å². The van der Waals surface area contributed by atoms with E-state index in [9.17, 15) is 22.8 Å². The van der Waals surface area contributed by atoms with Gasteiger partial charge in [0, 0.05) is 11.9 Å². The van der Waals surface area contributed by atoms with Crippen molar-refractivity contribution in [2.45, 2.75) is 32.0 Å². The Balaban J connectivity index is 1.95. The minimum Gasteiger partial charge on any atom is -0.326 e. The summed E-state index contributed by atoms with van der Waals surface area (Å²) >= 11 is 0.900. The van der Waals surface area contributed by atoms with Crippen LogP contribution in [-0.2, 0) is 11.0 Å². The lowest BCUT2D eigenvalue weighted by Gasteiger charge is -2.19. The smallest absolute Gasteiger partial charge is 0.326 e. The number of alkyl halides is 3. The minimum absolute atomic E-state index is 0.110. The summed E-state index contributed by atoms with van der Waals surface area (Å²) < 4.78 is 38.9. The van der Waals surface area contributed by atoms with Crippen molar-refractivity contribution in [2.75, 3.05) is 11.9 Å². The number of hydrogen-bond acceptors (Lipinski definition) is 4. The molecule has 1 fully saturated rings. The van der Waals surface area contributed by atoms with Crippen LogP contribution in [0.15, 0.2) is 6.07 Å². The van der Waals surface area contributed by atoms with E-state index in [1.54, 1.807) is 0 Å². The van der Waals surface area contributed by atoms with Gasteiger partial charge in [-0.25, -0.2) is 4.98 Å². The normalized spacial score (nSPS) is 20.8. The van der Waals surface area contributed by atoms with E-state index in [4.69, 9.17) is 0 Å². The monoisotopic (exact) mass is 355 g/mol. The SMILES string of the molecule is Cc1cc(C(F)(F)F)nc2sc3c(c12)NC(=O)[C@H]1CCCN1C3=O. The van der Waals surface area contributed by atoms with Crippen LogP contribution in [0.3, 0.4) is 0 Å². The quantitative estimate of drug-likeness (QED) is 0.790. The second-order valence-corrected chi connectivity index (χ2v) is 6.95. The molecule has 0 bridgehead atoms. The number of carbonyl (C=O) groups excluding carboxylic acids is 2. The van der Waals surface area contributed by atoms with Crippen LogP contribution in [0.1, 0.15) is 33.8 Å². The standard InChI is InChI=1S/C15H12F3N3O2S/c1-6-5-8(15(16,17)18)19-13-9(6)10-11(24-13)14(23)21-4-2-3-7(21)12(22)20-10/h5,7H,2-4H2,1H3,(H,20,22)/t7-/m1/s1. The van der Waals surface area contributed by atoms with Crippen molar-refractivity contribution in [1.29, 1.82) is 0 Å². The molecule has 24 heavy (non-hydrogen) atoms. The van der Waals surface area contributed by atoms with Gasteiger partial charge in [-0.15, -0.1) is 11.3 Å². The minimum atomic E-state index is -4.56. The Bertz CT molecular complexity index is 890. The number of pyridine rings is 1. The fourth-order valence-corrected chi connectivity index (χ4v) is 4.48. The molecule has 2 aliphatic rings. The summed E-state index contributed by atoms with van der Waals surface area (Å²) in [5, 5.41) is 3.14. The summed E-state index contributed by atoms with van der Waals surface area (Å²) in [6.45, 7) is 2.00. The largest absolute Gasteiger partial charge is 0.433 e. The Kier molecular flexibility index (Phi) is 3.15. The molecule has 4 rings (SSSR count). The van der Waals surface area contributed by atoms with Crippen molar-refractivity contribution in [2.24, 2.45) is 0 Å². The summed E-state index contributed by atoms with van der Waals surface area (Å²) in [6.07, 6.45) is -3.23. The molecule has 4 heterocycles. The molecule has 1 saturated heterocycles. The van der Waals surface area contributed by atoms with Crippen molar-refractivity contribution in [3.8, 4) is 0 Å². The first-order valence-corrected chi connectivity index (χ1v) is 8.22. The average Bonchev–Trinajstić information content (AvgIpc) is 3.08. The third-order valence-corrected chi connectivity index (χ3v) is 5.48. The Labute approximate surface area is 138 Å². The van der Waals surface area contributed by atoms with E-state index in [1.165, 1.54) is 11.8 Å². The zero-order valence-corrected chi connectivity index (χ0v) is 13.3.